The number of benzene rings is 1. The Morgan fingerprint density at radius 2 is 1.89 bits per heavy atom. The molecule has 0 saturated heterocycles. The summed E-state index contributed by atoms with van der Waals surface area (Å²) in [6.07, 6.45) is 6.24. The second-order valence-electron chi connectivity index (χ2n) is 4.26. The minimum Gasteiger partial charge on any atom is -0.492 e. The van der Waals surface area contributed by atoms with E-state index < -0.39 is 0 Å². The molecule has 0 amide bonds. The Labute approximate surface area is 111 Å². The Kier molecular flexibility index (Phi) is 7.75. The van der Waals surface area contributed by atoms with Gasteiger partial charge in [0.1, 0.15) is 5.75 Å². The van der Waals surface area contributed by atoms with Gasteiger partial charge in [-0.3, -0.25) is 0 Å². The number of ether oxygens (including phenoxy) is 1. The summed E-state index contributed by atoms with van der Waals surface area (Å²) in [6, 6.07) is 7.87. The highest BCUT2D eigenvalue weighted by atomic mass is 16.5. The molecule has 0 aliphatic carbocycles. The summed E-state index contributed by atoms with van der Waals surface area (Å²) < 4.78 is 5.77. The maximum Gasteiger partial charge on any atom is 0.134 e. The molecule has 0 spiro atoms. The first-order chi connectivity index (χ1) is 8.88. The maximum absolute atomic E-state index is 5.77. The summed E-state index contributed by atoms with van der Waals surface area (Å²) in [5.74, 6) is 6.76. The van der Waals surface area contributed by atoms with Crippen LogP contribution >= 0.6 is 0 Å². The van der Waals surface area contributed by atoms with Crippen molar-refractivity contribution in [3.05, 3.63) is 29.8 Å². The molecule has 0 aliphatic heterocycles. The van der Waals surface area contributed by atoms with E-state index in [1.165, 1.54) is 25.7 Å². The SMILES string of the molecule is CCCCCCCOc1ccccc1C#CCN. The third-order valence-electron chi connectivity index (χ3n) is 2.72. The van der Waals surface area contributed by atoms with Crippen LogP contribution in [0.15, 0.2) is 24.3 Å². The lowest BCUT2D eigenvalue weighted by molar-refractivity contribution is 0.304. The minimum absolute atomic E-state index is 0.380. The van der Waals surface area contributed by atoms with Crippen LogP contribution in [0.25, 0.3) is 0 Å². The van der Waals surface area contributed by atoms with Crippen molar-refractivity contribution in [2.75, 3.05) is 13.2 Å². The molecule has 0 atom stereocenters. The second-order valence-corrected chi connectivity index (χ2v) is 4.26. The predicted molar refractivity (Wildman–Crippen MR) is 76.6 cm³/mol. The van der Waals surface area contributed by atoms with Crippen LogP contribution in [0.3, 0.4) is 0 Å². The molecule has 98 valence electrons. The molecule has 0 bridgehead atoms. The molecule has 1 aromatic carbocycles. The van der Waals surface area contributed by atoms with E-state index in [4.69, 9.17) is 10.5 Å². The molecule has 0 saturated carbocycles. The fraction of sp³-hybridized carbons (Fsp3) is 0.500. The Hall–Kier alpha value is -1.46. The molecule has 0 fully saturated rings. The van der Waals surface area contributed by atoms with Crippen LogP contribution in [0.4, 0.5) is 0 Å². The molecular weight excluding hydrogens is 222 g/mol. The molecule has 1 aromatic rings. The molecule has 2 heteroatoms. The minimum atomic E-state index is 0.380. The molecule has 0 radical (unpaired) electrons. The van der Waals surface area contributed by atoms with Gasteiger partial charge in [0.2, 0.25) is 0 Å². The first-order valence-electron chi connectivity index (χ1n) is 6.79. The Morgan fingerprint density at radius 1 is 1.11 bits per heavy atom. The number of para-hydroxylation sites is 1. The Bertz CT molecular complexity index is 390. The van der Waals surface area contributed by atoms with E-state index in [0.717, 1.165) is 24.3 Å². The van der Waals surface area contributed by atoms with Gasteiger partial charge in [-0.05, 0) is 18.6 Å². The first kappa shape index (κ1) is 14.6. The average Bonchev–Trinajstić information content (AvgIpc) is 2.41. The van der Waals surface area contributed by atoms with E-state index in [1.54, 1.807) is 0 Å². The molecule has 1 rings (SSSR count). The van der Waals surface area contributed by atoms with Crippen molar-refractivity contribution < 1.29 is 4.74 Å². The topological polar surface area (TPSA) is 35.2 Å². The number of nitrogens with two attached hydrogens (primary N) is 1. The fourth-order valence-corrected chi connectivity index (χ4v) is 1.73. The highest BCUT2D eigenvalue weighted by molar-refractivity contribution is 5.45. The normalized spacial score (nSPS) is 9.67. The van der Waals surface area contributed by atoms with Crippen molar-refractivity contribution in [3.63, 3.8) is 0 Å². The Balaban J connectivity index is 2.37. The fourth-order valence-electron chi connectivity index (χ4n) is 1.73. The molecule has 2 nitrogen and oxygen atoms in total. The van der Waals surface area contributed by atoms with Crippen LogP contribution in [0.2, 0.25) is 0 Å². The van der Waals surface area contributed by atoms with Crippen LogP contribution in [0.5, 0.6) is 5.75 Å². The zero-order valence-electron chi connectivity index (χ0n) is 11.2. The largest absolute Gasteiger partial charge is 0.492 e. The molecule has 18 heavy (non-hydrogen) atoms. The van der Waals surface area contributed by atoms with Crippen LogP contribution in [0, 0.1) is 11.8 Å². The van der Waals surface area contributed by atoms with Crippen molar-refractivity contribution in [2.45, 2.75) is 39.0 Å². The van der Waals surface area contributed by atoms with Crippen LogP contribution in [-0.2, 0) is 0 Å². The van der Waals surface area contributed by atoms with Crippen molar-refractivity contribution in [1.82, 2.24) is 0 Å². The molecule has 2 N–H and O–H groups in total. The maximum atomic E-state index is 5.77. The van der Waals surface area contributed by atoms with Gasteiger partial charge < -0.3 is 10.5 Å². The Morgan fingerprint density at radius 3 is 2.67 bits per heavy atom. The van der Waals surface area contributed by atoms with Gasteiger partial charge >= 0.3 is 0 Å². The molecule has 0 heterocycles. The summed E-state index contributed by atoms with van der Waals surface area (Å²) in [5, 5.41) is 0. The quantitative estimate of drug-likeness (QED) is 0.590. The lowest BCUT2D eigenvalue weighted by Crippen LogP contribution is -1.99. The van der Waals surface area contributed by atoms with E-state index in [0.29, 0.717) is 6.54 Å². The number of hydrogen-bond donors (Lipinski definition) is 1. The monoisotopic (exact) mass is 245 g/mol. The molecular formula is C16H23NO. The zero-order chi connectivity index (χ0) is 13.1. The van der Waals surface area contributed by atoms with E-state index in [-0.39, 0.29) is 0 Å². The van der Waals surface area contributed by atoms with Crippen molar-refractivity contribution >= 4 is 0 Å². The predicted octanol–water partition coefficient (Wildman–Crippen LogP) is 3.35. The van der Waals surface area contributed by atoms with Crippen molar-refractivity contribution in [1.29, 1.82) is 0 Å². The van der Waals surface area contributed by atoms with E-state index >= 15 is 0 Å². The van der Waals surface area contributed by atoms with Gasteiger partial charge in [0, 0.05) is 0 Å². The summed E-state index contributed by atoms with van der Waals surface area (Å²) >= 11 is 0. The number of unbranched alkanes of at least 4 members (excludes halogenated alkanes) is 4. The standard InChI is InChI=1S/C16H23NO/c1-2-3-4-5-8-14-18-16-12-7-6-10-15(16)11-9-13-17/h6-7,10,12H,2-5,8,13-14,17H2,1H3. The third kappa shape index (κ3) is 5.75. The van der Waals surface area contributed by atoms with Gasteiger partial charge in [0.05, 0.1) is 18.7 Å². The van der Waals surface area contributed by atoms with Gasteiger partial charge in [0.15, 0.2) is 0 Å². The summed E-state index contributed by atoms with van der Waals surface area (Å²) in [5.41, 5.74) is 6.31. The molecule has 0 aromatic heterocycles. The van der Waals surface area contributed by atoms with Crippen molar-refractivity contribution in [2.24, 2.45) is 5.73 Å². The van der Waals surface area contributed by atoms with Gasteiger partial charge in [-0.2, -0.15) is 0 Å². The highest BCUT2D eigenvalue weighted by Crippen LogP contribution is 2.17. The van der Waals surface area contributed by atoms with E-state index in [1.807, 2.05) is 24.3 Å². The highest BCUT2D eigenvalue weighted by Gasteiger charge is 1.99. The van der Waals surface area contributed by atoms with Gasteiger partial charge in [0.25, 0.3) is 0 Å². The summed E-state index contributed by atoms with van der Waals surface area (Å²) in [7, 11) is 0. The van der Waals surface area contributed by atoms with E-state index in [2.05, 4.69) is 18.8 Å². The van der Waals surface area contributed by atoms with E-state index in [9.17, 15) is 0 Å². The van der Waals surface area contributed by atoms with Crippen LogP contribution in [-0.4, -0.2) is 13.2 Å². The lowest BCUT2D eigenvalue weighted by Gasteiger charge is -2.07. The molecule has 0 aliphatic rings. The van der Waals surface area contributed by atoms with Gasteiger partial charge in [-0.15, -0.1) is 0 Å². The smallest absolute Gasteiger partial charge is 0.134 e. The molecule has 0 unspecified atom stereocenters. The van der Waals surface area contributed by atoms with Gasteiger partial charge in [-0.25, -0.2) is 0 Å². The second kappa shape index (κ2) is 9.56. The third-order valence-corrected chi connectivity index (χ3v) is 2.72. The van der Waals surface area contributed by atoms with Crippen molar-refractivity contribution in [3.8, 4) is 17.6 Å². The first-order valence-corrected chi connectivity index (χ1v) is 6.79. The van der Waals surface area contributed by atoms with Crippen LogP contribution in [0.1, 0.15) is 44.6 Å². The summed E-state index contributed by atoms with van der Waals surface area (Å²) in [6.45, 7) is 3.37. The zero-order valence-corrected chi connectivity index (χ0v) is 11.2. The summed E-state index contributed by atoms with van der Waals surface area (Å²) in [4.78, 5) is 0. The van der Waals surface area contributed by atoms with Crippen LogP contribution < -0.4 is 10.5 Å². The van der Waals surface area contributed by atoms with Gasteiger partial charge in [-0.1, -0.05) is 56.6 Å². The number of rotatable bonds is 7. The lowest BCUT2D eigenvalue weighted by atomic mass is 10.1. The number of hydrogen-bond acceptors (Lipinski definition) is 2. The average molecular weight is 245 g/mol.